The Labute approximate surface area is 92.0 Å². The van der Waals surface area contributed by atoms with Crippen LogP contribution in [0.15, 0.2) is 0 Å². The normalized spacial score (nSPS) is 26.8. The fourth-order valence-corrected chi connectivity index (χ4v) is 2.19. The molecule has 0 spiro atoms. The summed E-state index contributed by atoms with van der Waals surface area (Å²) in [4.78, 5) is 4.88. The third-order valence-corrected chi connectivity index (χ3v) is 3.42. The van der Waals surface area contributed by atoms with Gasteiger partial charge in [-0.25, -0.2) is 0 Å². The Hall–Kier alpha value is -0.160. The summed E-state index contributed by atoms with van der Waals surface area (Å²) in [5.41, 5.74) is 5.40. The van der Waals surface area contributed by atoms with Crippen LogP contribution in [0.5, 0.6) is 0 Å². The highest BCUT2D eigenvalue weighted by atomic mass is 16.3. The molecule has 0 aromatic carbocycles. The summed E-state index contributed by atoms with van der Waals surface area (Å²) in [6, 6.07) is 0. The van der Waals surface area contributed by atoms with Crippen molar-refractivity contribution >= 4 is 0 Å². The number of β-amino-alcohol motifs (C(OH)–C–C–N with tert-alkyl or cyclic N) is 1. The van der Waals surface area contributed by atoms with Crippen molar-refractivity contribution in [2.24, 2.45) is 11.7 Å². The molecule has 1 saturated heterocycles. The van der Waals surface area contributed by atoms with Gasteiger partial charge in [0.05, 0.1) is 6.10 Å². The average molecular weight is 213 g/mol. The molecule has 4 heteroatoms. The van der Waals surface area contributed by atoms with Crippen molar-refractivity contribution in [1.29, 1.82) is 0 Å². The number of piperazine rings is 1. The maximum atomic E-state index is 9.45. The Morgan fingerprint density at radius 1 is 1.13 bits per heavy atom. The lowest BCUT2D eigenvalue weighted by molar-refractivity contribution is 0.0749. The maximum absolute atomic E-state index is 9.45. The number of hydrogen-bond acceptors (Lipinski definition) is 4. The third kappa shape index (κ3) is 3.72. The van der Waals surface area contributed by atoms with Gasteiger partial charge < -0.3 is 15.7 Å². The highest BCUT2D eigenvalue weighted by Crippen LogP contribution is 2.29. The van der Waals surface area contributed by atoms with Gasteiger partial charge in [-0.1, -0.05) is 0 Å². The highest BCUT2D eigenvalue weighted by molar-refractivity contribution is 4.81. The Balaban J connectivity index is 1.62. The molecule has 0 bridgehead atoms. The number of rotatable bonds is 5. The molecule has 1 atom stereocenters. The van der Waals surface area contributed by atoms with E-state index in [-0.39, 0.29) is 6.10 Å². The molecule has 88 valence electrons. The topological polar surface area (TPSA) is 52.7 Å². The molecule has 0 aromatic rings. The summed E-state index contributed by atoms with van der Waals surface area (Å²) in [5.74, 6) is 0.992. The predicted octanol–water partition coefficient (Wildman–Crippen LogP) is -0.666. The molecule has 0 unspecified atom stereocenters. The van der Waals surface area contributed by atoms with E-state index >= 15 is 0 Å². The molecule has 2 fully saturated rings. The molecule has 1 aliphatic heterocycles. The molecule has 4 nitrogen and oxygen atoms in total. The minimum Gasteiger partial charge on any atom is -0.390 e. The zero-order chi connectivity index (χ0) is 10.7. The van der Waals surface area contributed by atoms with Crippen LogP contribution < -0.4 is 5.73 Å². The molecular weight excluding hydrogens is 190 g/mol. The zero-order valence-corrected chi connectivity index (χ0v) is 9.44. The van der Waals surface area contributed by atoms with Gasteiger partial charge >= 0.3 is 0 Å². The summed E-state index contributed by atoms with van der Waals surface area (Å²) >= 11 is 0. The van der Waals surface area contributed by atoms with Crippen molar-refractivity contribution in [3.8, 4) is 0 Å². The minimum atomic E-state index is -0.347. The molecular formula is C11H23N3O. The molecule has 3 N–H and O–H groups in total. The van der Waals surface area contributed by atoms with Crippen LogP contribution in [0.4, 0.5) is 0 Å². The van der Waals surface area contributed by atoms with Crippen molar-refractivity contribution in [2.75, 3.05) is 45.8 Å². The summed E-state index contributed by atoms with van der Waals surface area (Å²) in [6.07, 6.45) is 2.53. The third-order valence-electron chi connectivity index (χ3n) is 3.42. The van der Waals surface area contributed by atoms with Crippen molar-refractivity contribution in [1.82, 2.24) is 9.80 Å². The largest absolute Gasteiger partial charge is 0.390 e. The number of hydrogen-bond donors (Lipinski definition) is 2. The van der Waals surface area contributed by atoms with Crippen molar-refractivity contribution in [3.63, 3.8) is 0 Å². The first-order valence-corrected chi connectivity index (χ1v) is 6.11. The first-order chi connectivity index (χ1) is 7.28. The lowest BCUT2D eigenvalue weighted by atomic mass is 10.2. The van der Waals surface area contributed by atoms with Gasteiger partial charge in [-0.3, -0.25) is 4.90 Å². The lowest BCUT2D eigenvalue weighted by Gasteiger charge is -2.35. The first-order valence-electron chi connectivity index (χ1n) is 6.11. The van der Waals surface area contributed by atoms with Crippen molar-refractivity contribution < 1.29 is 5.11 Å². The summed E-state index contributed by atoms with van der Waals surface area (Å²) in [7, 11) is 0. The molecule has 0 aromatic heterocycles. The average Bonchev–Trinajstić information content (AvgIpc) is 3.05. The van der Waals surface area contributed by atoms with E-state index in [4.69, 9.17) is 5.73 Å². The van der Waals surface area contributed by atoms with Gasteiger partial charge in [0.1, 0.15) is 0 Å². The van der Waals surface area contributed by atoms with E-state index in [1.165, 1.54) is 19.4 Å². The molecule has 2 rings (SSSR count). The Morgan fingerprint density at radius 2 is 1.73 bits per heavy atom. The highest BCUT2D eigenvalue weighted by Gasteiger charge is 2.26. The van der Waals surface area contributed by atoms with Gasteiger partial charge in [-0.05, 0) is 18.8 Å². The molecule has 1 heterocycles. The van der Waals surface area contributed by atoms with Crippen LogP contribution in [0.25, 0.3) is 0 Å². The van der Waals surface area contributed by atoms with E-state index in [9.17, 15) is 5.11 Å². The number of aliphatic hydroxyl groups is 1. The Bertz CT molecular complexity index is 188. The van der Waals surface area contributed by atoms with E-state index in [1.54, 1.807) is 0 Å². The second-order valence-electron chi connectivity index (χ2n) is 4.93. The number of nitrogens with two attached hydrogens (primary N) is 1. The van der Waals surface area contributed by atoms with E-state index in [1.807, 2.05) is 0 Å². The van der Waals surface area contributed by atoms with Crippen LogP contribution in [0.1, 0.15) is 12.8 Å². The second kappa shape index (κ2) is 5.25. The van der Waals surface area contributed by atoms with Crippen LogP contribution in [0.3, 0.4) is 0 Å². The molecule has 15 heavy (non-hydrogen) atoms. The summed E-state index contributed by atoms with van der Waals surface area (Å²) in [5, 5.41) is 9.45. The van der Waals surface area contributed by atoms with Gasteiger partial charge in [0, 0.05) is 45.8 Å². The van der Waals surface area contributed by atoms with Gasteiger partial charge in [0.2, 0.25) is 0 Å². The molecule has 0 amide bonds. The first kappa shape index (κ1) is 11.3. The van der Waals surface area contributed by atoms with E-state index in [0.717, 1.165) is 38.6 Å². The van der Waals surface area contributed by atoms with Crippen LogP contribution in [0.2, 0.25) is 0 Å². The van der Waals surface area contributed by atoms with Crippen LogP contribution in [-0.4, -0.2) is 66.8 Å². The van der Waals surface area contributed by atoms with Crippen LogP contribution in [-0.2, 0) is 0 Å². The summed E-state index contributed by atoms with van der Waals surface area (Å²) in [6.45, 7) is 6.92. The second-order valence-corrected chi connectivity index (χ2v) is 4.93. The fraction of sp³-hybridized carbons (Fsp3) is 1.00. The van der Waals surface area contributed by atoms with Gasteiger partial charge in [0.15, 0.2) is 0 Å². The lowest BCUT2D eigenvalue weighted by Crippen LogP contribution is -2.49. The van der Waals surface area contributed by atoms with Gasteiger partial charge in [0.25, 0.3) is 0 Å². The SMILES string of the molecule is NC[C@H](O)CN1CCN(CC2CC2)CC1. The van der Waals surface area contributed by atoms with Crippen molar-refractivity contribution in [3.05, 3.63) is 0 Å². The van der Waals surface area contributed by atoms with E-state index in [0.29, 0.717) is 6.54 Å². The number of nitrogens with zero attached hydrogens (tertiary/aromatic N) is 2. The Morgan fingerprint density at radius 3 is 2.27 bits per heavy atom. The van der Waals surface area contributed by atoms with Gasteiger partial charge in [-0.15, -0.1) is 0 Å². The van der Waals surface area contributed by atoms with Gasteiger partial charge in [-0.2, -0.15) is 0 Å². The molecule has 0 radical (unpaired) electrons. The van der Waals surface area contributed by atoms with E-state index < -0.39 is 0 Å². The molecule has 1 aliphatic carbocycles. The standard InChI is InChI=1S/C11H23N3O/c12-7-11(15)9-14-5-3-13(4-6-14)8-10-1-2-10/h10-11,15H,1-9,12H2/t11-/m0/s1. The zero-order valence-electron chi connectivity index (χ0n) is 9.44. The van der Waals surface area contributed by atoms with E-state index in [2.05, 4.69) is 9.80 Å². The predicted molar refractivity (Wildman–Crippen MR) is 60.7 cm³/mol. The van der Waals surface area contributed by atoms with Crippen LogP contribution in [0, 0.1) is 5.92 Å². The van der Waals surface area contributed by atoms with Crippen molar-refractivity contribution in [2.45, 2.75) is 18.9 Å². The minimum absolute atomic E-state index is 0.347. The monoisotopic (exact) mass is 213 g/mol. The summed E-state index contributed by atoms with van der Waals surface area (Å²) < 4.78 is 0. The maximum Gasteiger partial charge on any atom is 0.0789 e. The number of aliphatic hydroxyl groups excluding tert-OH is 1. The quantitative estimate of drug-likeness (QED) is 0.636. The smallest absolute Gasteiger partial charge is 0.0789 e. The molecule has 1 saturated carbocycles. The van der Waals surface area contributed by atoms with Crippen LogP contribution >= 0.6 is 0 Å². The Kier molecular flexibility index (Phi) is 3.97. The fourth-order valence-electron chi connectivity index (χ4n) is 2.19. The molecule has 2 aliphatic rings.